The maximum absolute atomic E-state index is 12.7. The largest absolute Gasteiger partial charge is 0.480 e. The van der Waals surface area contributed by atoms with Gasteiger partial charge in [0.15, 0.2) is 4.75 Å². The van der Waals surface area contributed by atoms with E-state index in [-0.39, 0.29) is 6.42 Å². The lowest BCUT2D eigenvalue weighted by Crippen LogP contribution is -2.44. The van der Waals surface area contributed by atoms with Crippen LogP contribution in [0.2, 0.25) is 0 Å². The van der Waals surface area contributed by atoms with Crippen molar-refractivity contribution >= 4 is 42.7 Å². The van der Waals surface area contributed by atoms with Gasteiger partial charge in [0.25, 0.3) is 0 Å². The van der Waals surface area contributed by atoms with Gasteiger partial charge in [0.05, 0.1) is 0 Å². The van der Waals surface area contributed by atoms with Crippen LogP contribution in [-0.2, 0) is 25.6 Å². The van der Waals surface area contributed by atoms with Crippen LogP contribution in [0.25, 0.3) is 0 Å². The van der Waals surface area contributed by atoms with Crippen LogP contribution in [0.1, 0.15) is 88.7 Å². The van der Waals surface area contributed by atoms with Crippen LogP contribution in [-0.4, -0.2) is 40.9 Å². The normalized spacial score (nSPS) is 13.7. The highest BCUT2D eigenvalue weighted by atomic mass is 32.2. The van der Waals surface area contributed by atoms with Gasteiger partial charge in [0, 0.05) is 24.0 Å². The summed E-state index contributed by atoms with van der Waals surface area (Å²) in [6, 6.07) is 7.53. The second-order valence-electron chi connectivity index (χ2n) is 8.74. The SMILES string of the molecule is CCCCCCCCCCCCc1ccccc1C(SCCNC=O)(C(=O)O)C(S)CC(N)=O. The van der Waals surface area contributed by atoms with Crippen molar-refractivity contribution in [3.05, 3.63) is 35.4 Å². The van der Waals surface area contributed by atoms with Crippen molar-refractivity contribution in [1.29, 1.82) is 0 Å². The number of aliphatic carboxylic acids is 1. The monoisotopic (exact) mass is 510 g/mol. The summed E-state index contributed by atoms with van der Waals surface area (Å²) >= 11 is 5.75. The first kappa shape index (κ1) is 30.4. The van der Waals surface area contributed by atoms with E-state index in [0.29, 0.717) is 24.3 Å². The molecule has 2 unspecified atom stereocenters. The minimum Gasteiger partial charge on any atom is -0.480 e. The van der Waals surface area contributed by atoms with E-state index in [1.54, 1.807) is 0 Å². The van der Waals surface area contributed by atoms with Gasteiger partial charge >= 0.3 is 5.97 Å². The molecule has 0 saturated heterocycles. The van der Waals surface area contributed by atoms with Gasteiger partial charge in [0.2, 0.25) is 12.3 Å². The molecule has 0 aromatic heterocycles. The molecule has 0 fully saturated rings. The smallest absolute Gasteiger partial charge is 0.325 e. The third kappa shape index (κ3) is 10.3. The zero-order valence-electron chi connectivity index (χ0n) is 20.5. The Kier molecular flexibility index (Phi) is 15.8. The number of primary amides is 1. The molecular weight excluding hydrogens is 468 g/mol. The summed E-state index contributed by atoms with van der Waals surface area (Å²) in [6.07, 6.45) is 13.6. The lowest BCUT2D eigenvalue weighted by Gasteiger charge is -2.35. The van der Waals surface area contributed by atoms with Crippen LogP contribution in [0.3, 0.4) is 0 Å². The summed E-state index contributed by atoms with van der Waals surface area (Å²) in [7, 11) is 0. The Hall–Kier alpha value is -1.67. The van der Waals surface area contributed by atoms with Crippen molar-refractivity contribution in [1.82, 2.24) is 5.32 Å². The molecule has 2 amide bonds. The molecule has 0 aliphatic carbocycles. The maximum atomic E-state index is 12.7. The number of rotatable bonds is 21. The average molecular weight is 511 g/mol. The topological polar surface area (TPSA) is 109 Å². The molecule has 0 saturated carbocycles. The summed E-state index contributed by atoms with van der Waals surface area (Å²) in [4.78, 5) is 35.0. The predicted octanol–water partition coefficient (Wildman–Crippen LogP) is 5.08. The number of hydrogen-bond donors (Lipinski definition) is 4. The Balaban J connectivity index is 2.87. The number of nitrogens with one attached hydrogen (secondary N) is 1. The molecule has 6 nitrogen and oxygen atoms in total. The molecular formula is C26H42N2O4S2. The van der Waals surface area contributed by atoms with Crippen LogP contribution < -0.4 is 11.1 Å². The molecule has 192 valence electrons. The number of amides is 2. The quantitative estimate of drug-likeness (QED) is 0.105. The maximum Gasteiger partial charge on any atom is 0.325 e. The standard InChI is InChI=1S/C26H42N2O4S2/c1-2-3-4-5-6-7-8-9-10-11-14-21-15-12-13-16-22(21)26(25(31)32,23(33)19-24(27)30)34-18-17-28-20-29/h12-13,15-16,20,23,33H,2-11,14,17-19H2,1H3,(H2,27,30)(H,28,29)(H,31,32). The van der Waals surface area contributed by atoms with E-state index in [9.17, 15) is 19.5 Å². The molecule has 1 aromatic carbocycles. The van der Waals surface area contributed by atoms with Crippen molar-refractivity contribution in [2.75, 3.05) is 12.3 Å². The van der Waals surface area contributed by atoms with E-state index in [1.807, 2.05) is 24.3 Å². The fourth-order valence-electron chi connectivity index (χ4n) is 4.24. The fraction of sp³-hybridized carbons (Fsp3) is 0.654. The molecule has 0 aliphatic rings. The Bertz CT molecular complexity index is 747. The zero-order valence-corrected chi connectivity index (χ0v) is 22.2. The molecule has 0 radical (unpaired) electrons. The summed E-state index contributed by atoms with van der Waals surface area (Å²) in [5.41, 5.74) is 7.03. The van der Waals surface area contributed by atoms with Gasteiger partial charge in [-0.2, -0.15) is 12.6 Å². The number of thioether (sulfide) groups is 1. The van der Waals surface area contributed by atoms with Crippen molar-refractivity contribution < 1.29 is 19.5 Å². The van der Waals surface area contributed by atoms with Gasteiger partial charge in [-0.1, -0.05) is 89.0 Å². The summed E-state index contributed by atoms with van der Waals surface area (Å²) < 4.78 is -1.45. The first-order chi connectivity index (χ1) is 16.4. The lowest BCUT2D eigenvalue weighted by molar-refractivity contribution is -0.140. The zero-order chi connectivity index (χ0) is 25.2. The number of thiol groups is 1. The lowest BCUT2D eigenvalue weighted by atomic mass is 9.87. The average Bonchev–Trinajstić information content (AvgIpc) is 2.80. The molecule has 2 atom stereocenters. The molecule has 0 aliphatic heterocycles. The fourth-order valence-corrected chi connectivity index (χ4v) is 6.19. The Labute approximate surface area is 214 Å². The number of benzene rings is 1. The molecule has 34 heavy (non-hydrogen) atoms. The highest BCUT2D eigenvalue weighted by molar-refractivity contribution is 8.01. The van der Waals surface area contributed by atoms with E-state index in [0.717, 1.165) is 24.8 Å². The Morgan fingerprint density at radius 2 is 1.68 bits per heavy atom. The first-order valence-corrected chi connectivity index (χ1v) is 14.0. The van der Waals surface area contributed by atoms with Crippen molar-refractivity contribution in [2.24, 2.45) is 5.73 Å². The van der Waals surface area contributed by atoms with E-state index in [1.165, 1.54) is 63.1 Å². The van der Waals surface area contributed by atoms with Crippen molar-refractivity contribution in [3.8, 4) is 0 Å². The van der Waals surface area contributed by atoms with Gasteiger partial charge in [-0.05, 0) is 24.0 Å². The van der Waals surface area contributed by atoms with Crippen LogP contribution >= 0.6 is 24.4 Å². The third-order valence-electron chi connectivity index (χ3n) is 6.06. The number of hydrogen-bond acceptors (Lipinski definition) is 5. The van der Waals surface area contributed by atoms with E-state index in [2.05, 4.69) is 24.9 Å². The van der Waals surface area contributed by atoms with Crippen LogP contribution in [0, 0.1) is 0 Å². The summed E-state index contributed by atoms with van der Waals surface area (Å²) in [6.45, 7) is 2.55. The van der Waals surface area contributed by atoms with Gasteiger partial charge in [-0.15, -0.1) is 11.8 Å². The van der Waals surface area contributed by atoms with Gasteiger partial charge in [0.1, 0.15) is 0 Å². The first-order valence-electron chi connectivity index (χ1n) is 12.5. The molecule has 0 heterocycles. The van der Waals surface area contributed by atoms with Crippen molar-refractivity contribution in [2.45, 2.75) is 94.0 Å². The van der Waals surface area contributed by atoms with Gasteiger partial charge in [-0.3, -0.25) is 14.4 Å². The second kappa shape index (κ2) is 17.7. The van der Waals surface area contributed by atoms with Crippen LogP contribution in [0.15, 0.2) is 24.3 Å². The molecule has 1 rings (SSSR count). The third-order valence-corrected chi connectivity index (χ3v) is 8.35. The van der Waals surface area contributed by atoms with E-state index < -0.39 is 21.9 Å². The van der Waals surface area contributed by atoms with Crippen molar-refractivity contribution in [3.63, 3.8) is 0 Å². The summed E-state index contributed by atoms with van der Waals surface area (Å²) in [5, 5.41) is 12.1. The molecule has 0 spiro atoms. The number of nitrogens with two attached hydrogens (primary N) is 1. The molecule has 1 aromatic rings. The number of aryl methyl sites for hydroxylation is 1. The van der Waals surface area contributed by atoms with Crippen LogP contribution in [0.4, 0.5) is 0 Å². The minimum atomic E-state index is -1.45. The Morgan fingerprint density at radius 1 is 1.09 bits per heavy atom. The number of carboxylic acid groups (broad SMARTS) is 1. The van der Waals surface area contributed by atoms with E-state index >= 15 is 0 Å². The number of carbonyl (C=O) groups is 3. The van der Waals surface area contributed by atoms with Gasteiger partial charge in [-0.25, -0.2) is 0 Å². The molecule has 4 N–H and O–H groups in total. The second-order valence-corrected chi connectivity index (χ2v) is 10.7. The highest BCUT2D eigenvalue weighted by Crippen LogP contribution is 2.45. The van der Waals surface area contributed by atoms with Gasteiger partial charge < -0.3 is 16.2 Å². The summed E-state index contributed by atoms with van der Waals surface area (Å²) in [5.74, 6) is -1.28. The highest BCUT2D eigenvalue weighted by Gasteiger charge is 2.48. The minimum absolute atomic E-state index is 0.157. The Morgan fingerprint density at radius 3 is 2.24 bits per heavy atom. The van der Waals surface area contributed by atoms with Crippen LogP contribution in [0.5, 0.6) is 0 Å². The van der Waals surface area contributed by atoms with E-state index in [4.69, 9.17) is 5.73 Å². The molecule has 8 heteroatoms. The number of unbranched alkanes of at least 4 members (excludes halogenated alkanes) is 9. The molecule has 0 bridgehead atoms. The number of carboxylic acids is 1. The predicted molar refractivity (Wildman–Crippen MR) is 144 cm³/mol. The number of carbonyl (C=O) groups excluding carboxylic acids is 2.